The molecule has 2 aliphatic heterocycles. The van der Waals surface area contributed by atoms with Gasteiger partial charge in [-0.1, -0.05) is 13.8 Å². The molecule has 14 heteroatoms. The number of aliphatic hydroxyl groups excluding tert-OH is 1. The van der Waals surface area contributed by atoms with Crippen LogP contribution in [0.5, 0.6) is 5.75 Å². The first-order valence-corrected chi connectivity index (χ1v) is 13.2. The summed E-state index contributed by atoms with van der Waals surface area (Å²) < 4.78 is 7.69. The quantitative estimate of drug-likeness (QED) is 0.296. The van der Waals surface area contributed by atoms with E-state index in [1.54, 1.807) is 44.4 Å². The van der Waals surface area contributed by atoms with E-state index in [1.165, 1.54) is 11.8 Å². The Balaban J connectivity index is 0.00000147. The number of rotatable bonds is 2. The number of imidazole rings is 1. The first-order valence-electron chi connectivity index (χ1n) is 13.2. The SMILES string of the molecule is CC(C)[C@@H]1NC(=O)c2cc(-c3nccn3C)ccc2OCCNC(=O)[C@@H]2C[C@H](O)CN2C(=O)[C@@H](C)NC1=O.O=CO. The molecule has 222 valence electrons. The molecule has 41 heavy (non-hydrogen) atoms. The Labute approximate surface area is 237 Å². The Morgan fingerprint density at radius 1 is 1.15 bits per heavy atom. The summed E-state index contributed by atoms with van der Waals surface area (Å²) in [6.45, 7) is 5.01. The Bertz CT molecular complexity index is 1280. The Kier molecular flexibility index (Phi) is 10.4. The molecular weight excluding hydrogens is 536 g/mol. The van der Waals surface area contributed by atoms with Crippen molar-refractivity contribution in [1.82, 2.24) is 30.4 Å². The van der Waals surface area contributed by atoms with Gasteiger partial charge in [-0.25, -0.2) is 4.98 Å². The molecule has 0 spiro atoms. The summed E-state index contributed by atoms with van der Waals surface area (Å²) in [5, 5.41) is 25.2. The highest BCUT2D eigenvalue weighted by Gasteiger charge is 2.41. The van der Waals surface area contributed by atoms with E-state index in [-0.39, 0.29) is 49.8 Å². The molecule has 1 aromatic carbocycles. The number of carbonyl (C=O) groups is 5. The molecular formula is C27H36N6O8. The fourth-order valence-corrected chi connectivity index (χ4v) is 4.74. The Morgan fingerprint density at radius 2 is 1.85 bits per heavy atom. The van der Waals surface area contributed by atoms with Crippen LogP contribution in [0.3, 0.4) is 0 Å². The number of nitrogens with zero attached hydrogens (tertiary/aromatic N) is 3. The van der Waals surface area contributed by atoms with E-state index in [2.05, 4.69) is 20.9 Å². The van der Waals surface area contributed by atoms with Gasteiger partial charge in [0.25, 0.3) is 12.4 Å². The molecule has 4 rings (SSSR count). The van der Waals surface area contributed by atoms with Gasteiger partial charge in [-0.3, -0.25) is 24.0 Å². The van der Waals surface area contributed by atoms with Crippen molar-refractivity contribution in [2.45, 2.75) is 51.4 Å². The molecule has 1 aromatic heterocycles. The first-order chi connectivity index (χ1) is 19.5. The van der Waals surface area contributed by atoms with Gasteiger partial charge in [-0.05, 0) is 31.0 Å². The molecule has 1 saturated heterocycles. The maximum absolute atomic E-state index is 13.5. The van der Waals surface area contributed by atoms with E-state index in [0.29, 0.717) is 11.4 Å². The van der Waals surface area contributed by atoms with Crippen LogP contribution in [0, 0.1) is 5.92 Å². The number of aromatic nitrogens is 2. The molecule has 3 heterocycles. The normalized spacial score (nSPS) is 23.7. The molecule has 0 aliphatic carbocycles. The minimum absolute atomic E-state index is 0.0102. The zero-order chi connectivity index (χ0) is 30.3. The summed E-state index contributed by atoms with van der Waals surface area (Å²) in [5.74, 6) is -1.34. The van der Waals surface area contributed by atoms with Crippen molar-refractivity contribution in [2.75, 3.05) is 19.7 Å². The Hall–Kier alpha value is -4.46. The number of benzene rings is 1. The average Bonchev–Trinajstić information content (AvgIpc) is 3.54. The largest absolute Gasteiger partial charge is 0.491 e. The number of ether oxygens (including phenoxy) is 1. The minimum atomic E-state index is -0.972. The van der Waals surface area contributed by atoms with Crippen LogP contribution in [0.4, 0.5) is 0 Å². The van der Waals surface area contributed by atoms with Crippen LogP contribution >= 0.6 is 0 Å². The van der Waals surface area contributed by atoms with Crippen LogP contribution in [0.25, 0.3) is 11.4 Å². The number of aliphatic hydroxyl groups is 1. The highest BCUT2D eigenvalue weighted by molar-refractivity contribution is 6.01. The smallest absolute Gasteiger partial charge is 0.290 e. The van der Waals surface area contributed by atoms with Crippen molar-refractivity contribution in [1.29, 1.82) is 0 Å². The summed E-state index contributed by atoms with van der Waals surface area (Å²) >= 11 is 0. The van der Waals surface area contributed by atoms with Crippen molar-refractivity contribution in [2.24, 2.45) is 13.0 Å². The van der Waals surface area contributed by atoms with E-state index in [1.807, 2.05) is 11.6 Å². The van der Waals surface area contributed by atoms with E-state index in [9.17, 15) is 24.3 Å². The highest BCUT2D eigenvalue weighted by atomic mass is 16.5. The van der Waals surface area contributed by atoms with Gasteiger partial charge in [0, 0.05) is 38.0 Å². The molecule has 0 saturated carbocycles. The van der Waals surface area contributed by atoms with Crippen LogP contribution in [-0.4, -0.2) is 98.7 Å². The minimum Gasteiger partial charge on any atom is -0.491 e. The Morgan fingerprint density at radius 3 is 2.49 bits per heavy atom. The standard InChI is InChI=1S/C26H34N6O6.CH2O2/c1-14(2)21-25(36)29-15(3)26(37)32-13-17(33)12-19(32)24(35)28-8-10-38-20-6-5-16(11-18(20)23(34)30-21)22-27-7-9-31(22)4;2-1-3/h5-7,9,11,14-15,17,19,21,33H,8,10,12-13H2,1-4H3,(H,28,35)(H,29,36)(H,30,34);1H,(H,2,3)/t15-,17+,19+,21+;/m1./s1. The molecule has 0 unspecified atom stereocenters. The molecule has 0 radical (unpaired) electrons. The van der Waals surface area contributed by atoms with Gasteiger partial charge < -0.3 is 40.4 Å². The van der Waals surface area contributed by atoms with E-state index in [4.69, 9.17) is 14.6 Å². The number of carboxylic acid groups (broad SMARTS) is 1. The lowest BCUT2D eigenvalue weighted by Crippen LogP contribution is -2.57. The lowest BCUT2D eigenvalue weighted by atomic mass is 10.0. The second kappa shape index (κ2) is 13.7. The van der Waals surface area contributed by atoms with Gasteiger partial charge in [0.05, 0.1) is 18.2 Å². The molecule has 1 fully saturated rings. The number of amides is 4. The molecule has 5 N–H and O–H groups in total. The van der Waals surface area contributed by atoms with Crippen LogP contribution in [-0.2, 0) is 26.2 Å². The van der Waals surface area contributed by atoms with Crippen molar-refractivity contribution in [3.05, 3.63) is 36.2 Å². The van der Waals surface area contributed by atoms with Crippen molar-refractivity contribution < 1.29 is 38.9 Å². The summed E-state index contributed by atoms with van der Waals surface area (Å²) in [6.07, 6.45) is 2.69. The van der Waals surface area contributed by atoms with E-state index >= 15 is 0 Å². The monoisotopic (exact) mass is 572 g/mol. The van der Waals surface area contributed by atoms with Gasteiger partial charge in [0.2, 0.25) is 17.7 Å². The second-order valence-electron chi connectivity index (χ2n) is 10.1. The fraction of sp³-hybridized carbons (Fsp3) is 0.481. The second-order valence-corrected chi connectivity index (χ2v) is 10.1. The zero-order valence-electron chi connectivity index (χ0n) is 23.4. The van der Waals surface area contributed by atoms with Crippen LogP contribution in [0.1, 0.15) is 37.6 Å². The molecule has 14 nitrogen and oxygen atoms in total. The fourth-order valence-electron chi connectivity index (χ4n) is 4.74. The average molecular weight is 573 g/mol. The predicted octanol–water partition coefficient (Wildman–Crippen LogP) is -0.483. The third kappa shape index (κ3) is 7.39. The number of hydrogen-bond donors (Lipinski definition) is 5. The third-order valence-electron chi connectivity index (χ3n) is 6.79. The van der Waals surface area contributed by atoms with Gasteiger partial charge in [-0.2, -0.15) is 0 Å². The maximum Gasteiger partial charge on any atom is 0.290 e. The van der Waals surface area contributed by atoms with E-state index in [0.717, 1.165) is 0 Å². The summed E-state index contributed by atoms with van der Waals surface area (Å²) in [4.78, 5) is 66.7. The molecule has 4 amide bonds. The van der Waals surface area contributed by atoms with Crippen LogP contribution < -0.4 is 20.7 Å². The number of aryl methyl sites for hydroxylation is 1. The van der Waals surface area contributed by atoms with Crippen LogP contribution in [0.15, 0.2) is 30.6 Å². The third-order valence-corrected chi connectivity index (χ3v) is 6.79. The first kappa shape index (κ1) is 31.1. The maximum atomic E-state index is 13.5. The summed E-state index contributed by atoms with van der Waals surface area (Å²) in [5.41, 5.74) is 0.888. The number of hydrogen-bond acceptors (Lipinski definition) is 8. The summed E-state index contributed by atoms with van der Waals surface area (Å²) in [6, 6.07) is 2.30. The van der Waals surface area contributed by atoms with Crippen molar-refractivity contribution in [3.8, 4) is 17.1 Å². The topological polar surface area (TPSA) is 192 Å². The zero-order valence-corrected chi connectivity index (χ0v) is 23.4. The number of nitrogens with one attached hydrogen (secondary N) is 3. The highest BCUT2D eigenvalue weighted by Crippen LogP contribution is 2.26. The van der Waals surface area contributed by atoms with Crippen molar-refractivity contribution in [3.63, 3.8) is 0 Å². The molecule has 2 aromatic rings. The molecule has 0 bridgehead atoms. The van der Waals surface area contributed by atoms with Gasteiger partial charge in [0.1, 0.15) is 36.3 Å². The predicted molar refractivity (Wildman–Crippen MR) is 146 cm³/mol. The molecule has 4 atom stereocenters. The number of fused-ring (bicyclic) bond motifs is 2. The van der Waals surface area contributed by atoms with Gasteiger partial charge >= 0.3 is 0 Å². The lowest BCUT2D eigenvalue weighted by Gasteiger charge is -2.29. The van der Waals surface area contributed by atoms with Crippen molar-refractivity contribution >= 4 is 30.1 Å². The van der Waals surface area contributed by atoms with Gasteiger partial charge in [0.15, 0.2) is 0 Å². The lowest BCUT2D eigenvalue weighted by molar-refractivity contribution is -0.141. The number of carbonyl (C=O) groups excluding carboxylic acids is 4. The van der Waals surface area contributed by atoms with Crippen LogP contribution in [0.2, 0.25) is 0 Å². The van der Waals surface area contributed by atoms with Gasteiger partial charge in [-0.15, -0.1) is 0 Å². The molecule has 2 aliphatic rings. The summed E-state index contributed by atoms with van der Waals surface area (Å²) in [7, 11) is 1.84. The van der Waals surface area contributed by atoms with E-state index < -0.39 is 47.9 Å².